The Bertz CT molecular complexity index is 540. The van der Waals surface area contributed by atoms with Crippen molar-refractivity contribution in [3.8, 4) is 0 Å². The van der Waals surface area contributed by atoms with E-state index < -0.39 is 5.41 Å². The Balaban J connectivity index is 1.95. The molecule has 6 heteroatoms. The van der Waals surface area contributed by atoms with E-state index in [-0.39, 0.29) is 11.8 Å². The Hall–Kier alpha value is -2.11. The quantitative estimate of drug-likeness (QED) is 0.904. The fourth-order valence-corrected chi connectivity index (χ4v) is 2.23. The summed E-state index contributed by atoms with van der Waals surface area (Å²) in [6.45, 7) is 10.3. The molecule has 1 aromatic heterocycles. The van der Waals surface area contributed by atoms with Gasteiger partial charge in [-0.2, -0.15) is 0 Å². The van der Waals surface area contributed by atoms with E-state index in [0.29, 0.717) is 5.82 Å². The zero-order valence-corrected chi connectivity index (χ0v) is 13.7. The summed E-state index contributed by atoms with van der Waals surface area (Å²) in [4.78, 5) is 31.6. The SMILES string of the molecule is CC(=O)N1CCN(c2ccc(NC(=O)C(C)(C)C)nc2)CC1. The van der Waals surface area contributed by atoms with Gasteiger partial charge in [0.1, 0.15) is 5.82 Å². The Labute approximate surface area is 131 Å². The van der Waals surface area contributed by atoms with Crippen LogP contribution in [0, 0.1) is 5.41 Å². The molecule has 0 bridgehead atoms. The highest BCUT2D eigenvalue weighted by Crippen LogP contribution is 2.19. The summed E-state index contributed by atoms with van der Waals surface area (Å²) in [7, 11) is 0. The van der Waals surface area contributed by atoms with Crippen molar-refractivity contribution in [2.45, 2.75) is 27.7 Å². The van der Waals surface area contributed by atoms with Crippen LogP contribution in [0.2, 0.25) is 0 Å². The number of hydrogen-bond acceptors (Lipinski definition) is 4. The number of amides is 2. The fourth-order valence-electron chi connectivity index (χ4n) is 2.23. The van der Waals surface area contributed by atoms with Crippen molar-refractivity contribution < 1.29 is 9.59 Å². The Morgan fingerprint density at radius 3 is 2.23 bits per heavy atom. The predicted molar refractivity (Wildman–Crippen MR) is 86.8 cm³/mol. The number of aromatic nitrogens is 1. The summed E-state index contributed by atoms with van der Waals surface area (Å²) < 4.78 is 0. The van der Waals surface area contributed by atoms with Crippen molar-refractivity contribution in [3.63, 3.8) is 0 Å². The van der Waals surface area contributed by atoms with Gasteiger partial charge in [-0.25, -0.2) is 4.98 Å². The lowest BCUT2D eigenvalue weighted by Gasteiger charge is -2.35. The van der Waals surface area contributed by atoms with Crippen LogP contribution in [0.1, 0.15) is 27.7 Å². The number of rotatable bonds is 2. The summed E-state index contributed by atoms with van der Waals surface area (Å²) in [5.41, 5.74) is 0.570. The number of pyridine rings is 1. The lowest BCUT2D eigenvalue weighted by Crippen LogP contribution is -2.48. The van der Waals surface area contributed by atoms with Crippen molar-refractivity contribution in [1.82, 2.24) is 9.88 Å². The van der Waals surface area contributed by atoms with Gasteiger partial charge in [0.15, 0.2) is 0 Å². The molecule has 1 saturated heterocycles. The van der Waals surface area contributed by atoms with E-state index in [2.05, 4.69) is 15.2 Å². The zero-order chi connectivity index (χ0) is 16.3. The van der Waals surface area contributed by atoms with Crippen molar-refractivity contribution in [2.75, 3.05) is 36.4 Å². The molecule has 0 spiro atoms. The third kappa shape index (κ3) is 3.96. The first-order chi connectivity index (χ1) is 10.3. The summed E-state index contributed by atoms with van der Waals surface area (Å²) in [6, 6.07) is 3.77. The molecular weight excluding hydrogens is 280 g/mol. The Kier molecular flexibility index (Phi) is 4.68. The van der Waals surface area contributed by atoms with Crippen LogP contribution in [-0.4, -0.2) is 47.9 Å². The highest BCUT2D eigenvalue weighted by molar-refractivity contribution is 5.93. The molecule has 0 atom stereocenters. The second-order valence-electron chi connectivity index (χ2n) is 6.60. The van der Waals surface area contributed by atoms with Crippen LogP contribution in [0.15, 0.2) is 18.3 Å². The van der Waals surface area contributed by atoms with Crippen molar-refractivity contribution in [3.05, 3.63) is 18.3 Å². The smallest absolute Gasteiger partial charge is 0.230 e. The van der Waals surface area contributed by atoms with Gasteiger partial charge in [-0.1, -0.05) is 20.8 Å². The van der Waals surface area contributed by atoms with Gasteiger partial charge < -0.3 is 15.1 Å². The second-order valence-corrected chi connectivity index (χ2v) is 6.60. The number of nitrogens with one attached hydrogen (secondary N) is 1. The van der Waals surface area contributed by atoms with E-state index in [4.69, 9.17) is 0 Å². The molecule has 1 fully saturated rings. The average molecular weight is 304 g/mol. The lowest BCUT2D eigenvalue weighted by molar-refractivity contribution is -0.129. The highest BCUT2D eigenvalue weighted by Gasteiger charge is 2.22. The molecule has 2 amide bonds. The monoisotopic (exact) mass is 304 g/mol. The van der Waals surface area contributed by atoms with E-state index in [0.717, 1.165) is 31.9 Å². The molecule has 0 aliphatic carbocycles. The van der Waals surface area contributed by atoms with Crippen LogP contribution >= 0.6 is 0 Å². The van der Waals surface area contributed by atoms with Gasteiger partial charge in [0.25, 0.3) is 0 Å². The molecule has 6 nitrogen and oxygen atoms in total. The third-order valence-corrected chi connectivity index (χ3v) is 3.76. The Morgan fingerprint density at radius 2 is 1.77 bits per heavy atom. The Morgan fingerprint density at radius 1 is 1.14 bits per heavy atom. The van der Waals surface area contributed by atoms with Crippen LogP contribution in [0.4, 0.5) is 11.5 Å². The summed E-state index contributed by atoms with van der Waals surface area (Å²) in [5, 5.41) is 2.81. The van der Waals surface area contributed by atoms with Crippen LogP contribution < -0.4 is 10.2 Å². The molecule has 1 aromatic rings. The topological polar surface area (TPSA) is 65.5 Å². The normalized spacial score (nSPS) is 15.6. The van der Waals surface area contributed by atoms with Crippen molar-refractivity contribution in [2.24, 2.45) is 5.41 Å². The first-order valence-electron chi connectivity index (χ1n) is 7.55. The standard InChI is InChI=1S/C16H24N4O2/c1-12(21)19-7-9-20(10-8-19)13-5-6-14(17-11-13)18-15(22)16(2,3)4/h5-6,11H,7-10H2,1-4H3,(H,17,18,22). The zero-order valence-electron chi connectivity index (χ0n) is 13.7. The van der Waals surface area contributed by atoms with Crippen molar-refractivity contribution >= 4 is 23.3 Å². The molecule has 1 aliphatic heterocycles. The van der Waals surface area contributed by atoms with E-state index >= 15 is 0 Å². The lowest BCUT2D eigenvalue weighted by atomic mass is 9.96. The number of hydrogen-bond donors (Lipinski definition) is 1. The minimum absolute atomic E-state index is 0.0529. The van der Waals surface area contributed by atoms with Gasteiger partial charge in [-0.3, -0.25) is 9.59 Å². The van der Waals surface area contributed by atoms with Gasteiger partial charge in [-0.05, 0) is 12.1 Å². The van der Waals surface area contributed by atoms with Gasteiger partial charge in [0, 0.05) is 38.5 Å². The first kappa shape index (κ1) is 16.3. The van der Waals surface area contributed by atoms with Crippen LogP contribution in [0.5, 0.6) is 0 Å². The van der Waals surface area contributed by atoms with E-state index in [9.17, 15) is 9.59 Å². The molecule has 0 unspecified atom stereocenters. The fraction of sp³-hybridized carbons (Fsp3) is 0.562. The molecule has 0 aromatic carbocycles. The van der Waals surface area contributed by atoms with E-state index in [1.54, 1.807) is 13.1 Å². The summed E-state index contributed by atoms with van der Waals surface area (Å²) in [5.74, 6) is 0.631. The summed E-state index contributed by atoms with van der Waals surface area (Å²) in [6.07, 6.45) is 1.77. The maximum Gasteiger partial charge on any atom is 0.230 e. The van der Waals surface area contributed by atoms with Gasteiger partial charge in [0.2, 0.25) is 11.8 Å². The molecule has 120 valence electrons. The van der Waals surface area contributed by atoms with Gasteiger partial charge >= 0.3 is 0 Å². The maximum absolute atomic E-state index is 11.9. The maximum atomic E-state index is 11.9. The first-order valence-corrected chi connectivity index (χ1v) is 7.55. The minimum atomic E-state index is -0.441. The molecule has 0 saturated carbocycles. The third-order valence-electron chi connectivity index (χ3n) is 3.76. The van der Waals surface area contributed by atoms with E-state index in [1.165, 1.54) is 0 Å². The molecule has 2 rings (SSSR count). The van der Waals surface area contributed by atoms with Crippen LogP contribution in [0.25, 0.3) is 0 Å². The number of piperazine rings is 1. The number of nitrogens with zero attached hydrogens (tertiary/aromatic N) is 3. The van der Waals surface area contributed by atoms with Crippen LogP contribution in [-0.2, 0) is 9.59 Å². The van der Waals surface area contributed by atoms with Crippen molar-refractivity contribution in [1.29, 1.82) is 0 Å². The molecule has 22 heavy (non-hydrogen) atoms. The number of carbonyl (C=O) groups excluding carboxylic acids is 2. The molecular formula is C16H24N4O2. The van der Waals surface area contributed by atoms with Gasteiger partial charge in [-0.15, -0.1) is 0 Å². The van der Waals surface area contributed by atoms with Crippen LogP contribution in [0.3, 0.4) is 0 Å². The number of anilines is 2. The number of carbonyl (C=O) groups is 2. The highest BCUT2D eigenvalue weighted by atomic mass is 16.2. The molecule has 1 aliphatic rings. The second kappa shape index (κ2) is 6.34. The minimum Gasteiger partial charge on any atom is -0.367 e. The largest absolute Gasteiger partial charge is 0.367 e. The summed E-state index contributed by atoms with van der Waals surface area (Å²) >= 11 is 0. The van der Waals surface area contributed by atoms with Gasteiger partial charge in [0.05, 0.1) is 11.9 Å². The van der Waals surface area contributed by atoms with E-state index in [1.807, 2.05) is 37.8 Å². The molecule has 2 heterocycles. The predicted octanol–water partition coefficient (Wildman–Crippen LogP) is 1.73. The molecule has 1 N–H and O–H groups in total. The average Bonchev–Trinajstić information content (AvgIpc) is 2.47. The molecule has 0 radical (unpaired) electrons.